The van der Waals surface area contributed by atoms with Crippen LogP contribution in [-0.2, 0) is 81.3 Å². The molecule has 0 aromatic carbocycles. The van der Waals surface area contributed by atoms with Crippen LogP contribution in [0.3, 0.4) is 0 Å². The Bertz CT molecular complexity index is 4.85. The van der Waals surface area contributed by atoms with Crippen LogP contribution in [0.2, 0.25) is 0 Å². The van der Waals surface area contributed by atoms with Gasteiger partial charge in [-0.15, -0.1) is 0 Å². The molecule has 0 fully saturated rings. The van der Waals surface area contributed by atoms with E-state index in [0.717, 1.165) is 0 Å². The third-order valence-electron chi connectivity index (χ3n) is 0. The van der Waals surface area contributed by atoms with E-state index < -0.39 is 0 Å². The van der Waals surface area contributed by atoms with E-state index in [9.17, 15) is 0 Å². The predicted molar refractivity (Wildman–Crippen MR) is 22.1 cm³/mol. The Balaban J connectivity index is 0. The first-order valence-electron chi connectivity index (χ1n) is 0. The summed E-state index contributed by atoms with van der Waals surface area (Å²) in [6.45, 7) is 0. The minimum atomic E-state index is 0. The zero-order valence-corrected chi connectivity index (χ0v) is 7.42. The fourth-order valence-corrected chi connectivity index (χ4v) is 0. The second-order valence-electron chi connectivity index (χ2n) is 0. The second kappa shape index (κ2) is 32.7. The first-order valence-corrected chi connectivity index (χ1v) is 0. The van der Waals surface area contributed by atoms with Gasteiger partial charge in [0, 0.05) is 0 Å². The zero-order chi connectivity index (χ0) is 0. The molecule has 0 spiro atoms. The van der Waals surface area contributed by atoms with E-state index in [2.05, 4.69) is 0 Å². The maximum Gasteiger partial charge on any atom is 3.00 e. The molecule has 0 rings (SSSR count). The summed E-state index contributed by atoms with van der Waals surface area (Å²) in [5.41, 5.74) is 0. The third-order valence-corrected chi connectivity index (χ3v) is 0. The van der Waals surface area contributed by atoms with Crippen LogP contribution in [-0.4, -0.2) is 0 Å². The smallest absolute Gasteiger partial charge is 2.00 e. The van der Waals surface area contributed by atoms with Crippen LogP contribution in [0.5, 0.6) is 0 Å². The molecule has 0 saturated carbocycles. The van der Waals surface area contributed by atoms with E-state index in [-0.39, 0.29) is 81.3 Å². The van der Waals surface area contributed by atoms with Gasteiger partial charge in [0.1, 0.15) is 0 Å². The van der Waals surface area contributed by atoms with E-state index in [0.29, 0.717) is 0 Å². The summed E-state index contributed by atoms with van der Waals surface area (Å²) >= 11 is 0. The van der Waals surface area contributed by atoms with Crippen LogP contribution in [0, 0.1) is 0 Å². The van der Waals surface area contributed by atoms with E-state index in [4.69, 9.17) is 0 Å². The van der Waals surface area contributed by atoms with Crippen molar-refractivity contribution in [2.75, 3.05) is 0 Å². The molecule has 0 unspecified atom stereocenters. The van der Waals surface area contributed by atoms with Crippen molar-refractivity contribution in [2.24, 2.45) is 0 Å². The Morgan fingerprint density at radius 1 is 0.400 bits per heavy atom. The monoisotopic (exact) mass is 308 g/mol. The van der Waals surface area contributed by atoms with Crippen LogP contribution < -0.4 is 0 Å². The first kappa shape index (κ1) is 53.1. The van der Waals surface area contributed by atoms with E-state index in [1.54, 1.807) is 0 Å². The molecule has 0 aromatic heterocycles. The van der Waals surface area contributed by atoms with Crippen molar-refractivity contribution in [1.82, 2.24) is 0 Å². The van der Waals surface area contributed by atoms with Crippen LogP contribution in [0.1, 0.15) is 0 Å². The average Bonchev–Trinajstić information content (AvgIpc) is 0. The molecule has 0 heterocycles. The molecular formula is Pd2S3. The van der Waals surface area contributed by atoms with Gasteiger partial charge in [-0.25, -0.2) is 0 Å². The van der Waals surface area contributed by atoms with Gasteiger partial charge < -0.3 is 40.5 Å². The van der Waals surface area contributed by atoms with Crippen molar-refractivity contribution in [3.8, 4) is 0 Å². The molecular weight excluding hydrogens is 309 g/mol. The summed E-state index contributed by atoms with van der Waals surface area (Å²) in [5.74, 6) is 0. The summed E-state index contributed by atoms with van der Waals surface area (Å²) in [4.78, 5) is 0. The Morgan fingerprint density at radius 2 is 0.400 bits per heavy atom. The minimum absolute atomic E-state index is 0. The summed E-state index contributed by atoms with van der Waals surface area (Å²) in [6, 6.07) is 0. The molecule has 0 N–H and O–H groups in total. The SMILES string of the molecule is [Pd+3].[Pd+3].[S-2].[S-2].[S-2]. The fraction of sp³-hybridized carbons (Fsp3) is 0. The standard InChI is InChI=1S/2Pd.3S/q2*+3;3*-2. The molecule has 0 amide bonds. The van der Waals surface area contributed by atoms with Gasteiger partial charge in [-0.2, -0.15) is 0 Å². The molecule has 0 saturated heterocycles. The molecule has 0 aliphatic heterocycles. The fourth-order valence-electron chi connectivity index (χ4n) is 0. The summed E-state index contributed by atoms with van der Waals surface area (Å²) < 4.78 is 0. The second-order valence-corrected chi connectivity index (χ2v) is 0. The quantitative estimate of drug-likeness (QED) is 0.552. The third kappa shape index (κ3) is 21.6. The average molecular weight is 309 g/mol. The van der Waals surface area contributed by atoms with Gasteiger partial charge in [0.2, 0.25) is 0 Å². The number of hydrogen-bond acceptors (Lipinski definition) is 0. The van der Waals surface area contributed by atoms with Gasteiger partial charge in [-0.05, 0) is 0 Å². The molecule has 5 heteroatoms. The molecule has 0 nitrogen and oxygen atoms in total. The van der Waals surface area contributed by atoms with Crippen LogP contribution in [0.25, 0.3) is 0 Å². The van der Waals surface area contributed by atoms with Crippen LogP contribution in [0.15, 0.2) is 0 Å². The maximum absolute atomic E-state index is 0. The number of rotatable bonds is 0. The van der Waals surface area contributed by atoms with Gasteiger partial charge in [-0.3, -0.25) is 0 Å². The maximum atomic E-state index is 0. The van der Waals surface area contributed by atoms with Crippen LogP contribution in [0.4, 0.5) is 0 Å². The zero-order valence-electron chi connectivity index (χ0n) is 1.86. The predicted octanol–water partition coefficient (Wildman–Crippen LogP) is -0.0122. The number of hydrogen-bond donors (Lipinski definition) is 0. The van der Waals surface area contributed by atoms with Crippen molar-refractivity contribution in [1.29, 1.82) is 0 Å². The molecule has 0 bridgehead atoms. The van der Waals surface area contributed by atoms with Crippen molar-refractivity contribution in [3.05, 3.63) is 0 Å². The summed E-state index contributed by atoms with van der Waals surface area (Å²) in [5, 5.41) is 0. The van der Waals surface area contributed by atoms with Crippen LogP contribution >= 0.6 is 0 Å². The van der Waals surface area contributed by atoms with Crippen molar-refractivity contribution >= 4 is 40.5 Å². The first-order chi connectivity index (χ1) is 0. The van der Waals surface area contributed by atoms with Crippen molar-refractivity contribution < 1.29 is 40.8 Å². The molecule has 38 valence electrons. The molecule has 0 aliphatic carbocycles. The summed E-state index contributed by atoms with van der Waals surface area (Å²) in [6.07, 6.45) is 0. The van der Waals surface area contributed by atoms with E-state index in [1.807, 2.05) is 0 Å². The molecule has 0 aromatic rings. The Morgan fingerprint density at radius 3 is 0.400 bits per heavy atom. The van der Waals surface area contributed by atoms with Gasteiger partial charge in [0.15, 0.2) is 0 Å². The van der Waals surface area contributed by atoms with Gasteiger partial charge >= 0.3 is 40.8 Å². The molecule has 0 aliphatic rings. The van der Waals surface area contributed by atoms with Gasteiger partial charge in [0.05, 0.1) is 0 Å². The van der Waals surface area contributed by atoms with Crippen molar-refractivity contribution in [3.63, 3.8) is 0 Å². The Kier molecular flexibility index (Phi) is 347. The van der Waals surface area contributed by atoms with E-state index >= 15 is 0 Å². The Labute approximate surface area is 80.5 Å². The molecule has 0 atom stereocenters. The normalized spacial score (nSPS) is 0. The largest absolute Gasteiger partial charge is 3.00 e. The van der Waals surface area contributed by atoms with Crippen molar-refractivity contribution in [2.45, 2.75) is 0 Å². The Hall–Kier alpha value is 2.37. The van der Waals surface area contributed by atoms with E-state index in [1.165, 1.54) is 0 Å². The van der Waals surface area contributed by atoms with Gasteiger partial charge in [-0.1, -0.05) is 0 Å². The molecule has 5 heavy (non-hydrogen) atoms. The topological polar surface area (TPSA) is 0 Å². The summed E-state index contributed by atoms with van der Waals surface area (Å²) in [7, 11) is 0. The molecule has 2 radical (unpaired) electrons. The minimum Gasteiger partial charge on any atom is -2.00 e. The van der Waals surface area contributed by atoms with Gasteiger partial charge in [0.25, 0.3) is 0 Å².